The Morgan fingerprint density at radius 1 is 1.36 bits per heavy atom. The Hall–Kier alpha value is -0.590. The highest BCUT2D eigenvalue weighted by atomic mass is 16.1. The van der Waals surface area contributed by atoms with Gasteiger partial charge in [-0.1, -0.05) is 12.5 Å². The summed E-state index contributed by atoms with van der Waals surface area (Å²) >= 11 is 0. The first-order valence-electron chi connectivity index (χ1n) is 4.45. The molecule has 0 saturated heterocycles. The van der Waals surface area contributed by atoms with Crippen LogP contribution in [0.4, 0.5) is 0 Å². The zero-order valence-corrected chi connectivity index (χ0v) is 7.02. The largest absolute Gasteiger partial charge is 0.295 e. The lowest BCUT2D eigenvalue weighted by atomic mass is 9.88. The van der Waals surface area contributed by atoms with E-state index in [-0.39, 0.29) is 0 Å². The third-order valence-electron chi connectivity index (χ3n) is 2.98. The third-order valence-corrected chi connectivity index (χ3v) is 2.98. The van der Waals surface area contributed by atoms with Crippen molar-refractivity contribution in [2.75, 3.05) is 0 Å². The third kappa shape index (κ3) is 1.24. The smallest absolute Gasteiger partial charge is 0.155 e. The molecule has 0 spiro atoms. The SMILES string of the molecule is CC1(C2=CC(=O)CCC2)CC1. The minimum Gasteiger partial charge on any atom is -0.295 e. The average molecular weight is 150 g/mol. The normalized spacial score (nSPS) is 28.1. The van der Waals surface area contributed by atoms with Crippen LogP contribution in [0.2, 0.25) is 0 Å². The van der Waals surface area contributed by atoms with E-state index in [9.17, 15) is 4.79 Å². The fourth-order valence-electron chi connectivity index (χ4n) is 1.78. The van der Waals surface area contributed by atoms with Gasteiger partial charge in [0, 0.05) is 6.42 Å². The molecule has 0 bridgehead atoms. The number of rotatable bonds is 1. The summed E-state index contributed by atoms with van der Waals surface area (Å²) in [6, 6.07) is 0. The van der Waals surface area contributed by atoms with Gasteiger partial charge in [-0.25, -0.2) is 0 Å². The van der Waals surface area contributed by atoms with Crippen LogP contribution in [-0.2, 0) is 4.79 Å². The Balaban J connectivity index is 2.18. The van der Waals surface area contributed by atoms with E-state index in [1.165, 1.54) is 24.8 Å². The highest BCUT2D eigenvalue weighted by molar-refractivity contribution is 5.91. The molecule has 2 rings (SSSR count). The quantitative estimate of drug-likeness (QED) is 0.561. The summed E-state index contributed by atoms with van der Waals surface area (Å²) in [5.41, 5.74) is 1.87. The first-order chi connectivity index (χ1) is 5.21. The highest BCUT2D eigenvalue weighted by Crippen LogP contribution is 2.53. The molecule has 2 aliphatic rings. The van der Waals surface area contributed by atoms with Crippen molar-refractivity contribution >= 4 is 5.78 Å². The van der Waals surface area contributed by atoms with Gasteiger partial charge in [-0.15, -0.1) is 0 Å². The van der Waals surface area contributed by atoms with Crippen molar-refractivity contribution in [1.29, 1.82) is 0 Å². The zero-order valence-electron chi connectivity index (χ0n) is 7.02. The van der Waals surface area contributed by atoms with Gasteiger partial charge in [0.05, 0.1) is 0 Å². The zero-order chi connectivity index (χ0) is 7.90. The standard InChI is InChI=1S/C10H14O/c1-10(5-6-10)8-3-2-4-9(11)7-8/h7H,2-6H2,1H3. The van der Waals surface area contributed by atoms with Crippen LogP contribution in [0.1, 0.15) is 39.0 Å². The topological polar surface area (TPSA) is 17.1 Å². The van der Waals surface area contributed by atoms with Crippen molar-refractivity contribution in [2.24, 2.45) is 5.41 Å². The van der Waals surface area contributed by atoms with Crippen molar-refractivity contribution in [2.45, 2.75) is 39.0 Å². The molecule has 1 nitrogen and oxygen atoms in total. The Bertz CT molecular complexity index is 221. The number of hydrogen-bond donors (Lipinski definition) is 0. The maximum absolute atomic E-state index is 11.1. The molecule has 0 aromatic heterocycles. The molecule has 0 aromatic carbocycles. The van der Waals surface area contributed by atoms with E-state index in [2.05, 4.69) is 6.92 Å². The fraction of sp³-hybridized carbons (Fsp3) is 0.700. The van der Waals surface area contributed by atoms with Crippen molar-refractivity contribution < 1.29 is 4.79 Å². The second-order valence-corrected chi connectivity index (χ2v) is 4.05. The molecule has 60 valence electrons. The van der Waals surface area contributed by atoms with Gasteiger partial charge >= 0.3 is 0 Å². The van der Waals surface area contributed by atoms with Gasteiger partial charge in [-0.2, -0.15) is 0 Å². The Morgan fingerprint density at radius 3 is 2.64 bits per heavy atom. The second-order valence-electron chi connectivity index (χ2n) is 4.05. The van der Waals surface area contributed by atoms with Crippen LogP contribution in [0.15, 0.2) is 11.6 Å². The lowest BCUT2D eigenvalue weighted by Gasteiger charge is -2.17. The molecule has 1 fully saturated rings. The summed E-state index contributed by atoms with van der Waals surface area (Å²) in [7, 11) is 0. The molecule has 1 heteroatoms. The van der Waals surface area contributed by atoms with Gasteiger partial charge in [-0.05, 0) is 37.2 Å². The lowest BCUT2D eigenvalue weighted by Crippen LogP contribution is -2.08. The molecule has 11 heavy (non-hydrogen) atoms. The Morgan fingerprint density at radius 2 is 2.09 bits per heavy atom. The van der Waals surface area contributed by atoms with Crippen molar-refractivity contribution in [3.8, 4) is 0 Å². The molecule has 0 amide bonds. The average Bonchev–Trinajstić information content (AvgIpc) is 2.70. The first kappa shape index (κ1) is 7.08. The monoisotopic (exact) mass is 150 g/mol. The summed E-state index contributed by atoms with van der Waals surface area (Å²) in [4.78, 5) is 11.1. The molecule has 1 saturated carbocycles. The van der Waals surface area contributed by atoms with E-state index in [1.807, 2.05) is 6.08 Å². The van der Waals surface area contributed by atoms with E-state index in [1.54, 1.807) is 0 Å². The van der Waals surface area contributed by atoms with E-state index < -0.39 is 0 Å². The molecule has 0 aromatic rings. The summed E-state index contributed by atoms with van der Waals surface area (Å²) < 4.78 is 0. The molecular weight excluding hydrogens is 136 g/mol. The molecule has 0 unspecified atom stereocenters. The maximum atomic E-state index is 11.1. The molecule has 0 atom stereocenters. The Labute approximate surface area is 67.5 Å². The van der Waals surface area contributed by atoms with Gasteiger partial charge in [0.1, 0.15) is 0 Å². The summed E-state index contributed by atoms with van der Waals surface area (Å²) in [5, 5.41) is 0. The van der Waals surface area contributed by atoms with Gasteiger partial charge in [0.15, 0.2) is 5.78 Å². The van der Waals surface area contributed by atoms with Crippen LogP contribution < -0.4 is 0 Å². The van der Waals surface area contributed by atoms with Gasteiger partial charge in [-0.3, -0.25) is 4.79 Å². The fourth-order valence-corrected chi connectivity index (χ4v) is 1.78. The molecule has 0 heterocycles. The van der Waals surface area contributed by atoms with Crippen LogP contribution >= 0.6 is 0 Å². The van der Waals surface area contributed by atoms with E-state index >= 15 is 0 Å². The van der Waals surface area contributed by atoms with Crippen molar-refractivity contribution in [1.82, 2.24) is 0 Å². The summed E-state index contributed by atoms with van der Waals surface area (Å²) in [6.45, 7) is 2.28. The number of allylic oxidation sites excluding steroid dienone is 2. The maximum Gasteiger partial charge on any atom is 0.155 e. The van der Waals surface area contributed by atoms with Crippen LogP contribution in [0.25, 0.3) is 0 Å². The number of carbonyl (C=O) groups is 1. The van der Waals surface area contributed by atoms with E-state index in [0.29, 0.717) is 11.2 Å². The van der Waals surface area contributed by atoms with E-state index in [0.717, 1.165) is 12.8 Å². The number of hydrogen-bond acceptors (Lipinski definition) is 1. The lowest BCUT2D eigenvalue weighted by molar-refractivity contribution is -0.115. The minimum absolute atomic E-state index is 0.347. The molecule has 2 aliphatic carbocycles. The van der Waals surface area contributed by atoms with Gasteiger partial charge < -0.3 is 0 Å². The van der Waals surface area contributed by atoms with Crippen LogP contribution in [-0.4, -0.2) is 5.78 Å². The second kappa shape index (κ2) is 2.20. The van der Waals surface area contributed by atoms with Crippen LogP contribution in [0, 0.1) is 5.41 Å². The Kier molecular flexibility index (Phi) is 1.41. The summed E-state index contributed by atoms with van der Waals surface area (Å²) in [6.07, 6.45) is 7.52. The highest BCUT2D eigenvalue weighted by Gasteiger charge is 2.41. The van der Waals surface area contributed by atoms with Gasteiger partial charge in [0.25, 0.3) is 0 Å². The first-order valence-corrected chi connectivity index (χ1v) is 4.45. The molecule has 0 N–H and O–H groups in total. The van der Waals surface area contributed by atoms with Crippen LogP contribution in [0.5, 0.6) is 0 Å². The predicted octanol–water partition coefficient (Wildman–Crippen LogP) is 2.47. The molecular formula is C10H14O. The molecule has 0 radical (unpaired) electrons. The van der Waals surface area contributed by atoms with Crippen molar-refractivity contribution in [3.63, 3.8) is 0 Å². The van der Waals surface area contributed by atoms with Crippen LogP contribution in [0.3, 0.4) is 0 Å². The van der Waals surface area contributed by atoms with E-state index in [4.69, 9.17) is 0 Å². The molecule has 0 aliphatic heterocycles. The number of carbonyl (C=O) groups excluding carboxylic acids is 1. The predicted molar refractivity (Wildman–Crippen MR) is 44.3 cm³/mol. The number of ketones is 1. The minimum atomic E-state index is 0.347. The van der Waals surface area contributed by atoms with Crippen molar-refractivity contribution in [3.05, 3.63) is 11.6 Å². The van der Waals surface area contributed by atoms with Gasteiger partial charge in [0.2, 0.25) is 0 Å². The summed E-state index contributed by atoms with van der Waals surface area (Å²) in [5.74, 6) is 0.347.